The first-order valence-electron chi connectivity index (χ1n) is 11.8. The third kappa shape index (κ3) is 8.65. The molecule has 3 rings (SSSR count). The van der Waals surface area contributed by atoms with Crippen LogP contribution >= 0.6 is 0 Å². The highest BCUT2D eigenvalue weighted by Crippen LogP contribution is 2.30. The first-order chi connectivity index (χ1) is 15.2. The summed E-state index contributed by atoms with van der Waals surface area (Å²) >= 11 is 0. The molecular formula is C24H38FN3O3. The monoisotopic (exact) mass is 435 g/mol. The smallest absolute Gasteiger partial charge is 0.191 e. The Balaban J connectivity index is 1.40. The standard InChI is InChI=1S/C24H38FN3O3/c1-3-26-24(27-11-4-12-30-16-20-9-13-29-14-10-20)28-18(2)21-7-8-23(22(25)15-21)31-17-19-5-6-19/h7-8,15,18-20H,3-6,9-14,16-17H2,1-2H3,(H2,26,27,28). The van der Waals surface area contributed by atoms with E-state index in [9.17, 15) is 4.39 Å². The van der Waals surface area contributed by atoms with Gasteiger partial charge >= 0.3 is 0 Å². The zero-order valence-corrected chi connectivity index (χ0v) is 19.0. The quantitative estimate of drug-likeness (QED) is 0.294. The van der Waals surface area contributed by atoms with Gasteiger partial charge in [-0.3, -0.25) is 4.99 Å². The van der Waals surface area contributed by atoms with Crippen molar-refractivity contribution >= 4 is 5.96 Å². The number of hydrogen-bond donors (Lipinski definition) is 2. The molecule has 0 spiro atoms. The molecule has 2 aliphatic rings. The maximum absolute atomic E-state index is 14.4. The van der Waals surface area contributed by atoms with Crippen molar-refractivity contribution in [2.24, 2.45) is 16.8 Å². The number of rotatable bonds is 12. The maximum atomic E-state index is 14.4. The first kappa shape index (κ1) is 23.8. The molecule has 0 amide bonds. The summed E-state index contributed by atoms with van der Waals surface area (Å²) in [5, 5.41) is 6.62. The summed E-state index contributed by atoms with van der Waals surface area (Å²) in [6.07, 6.45) is 5.44. The molecule has 1 heterocycles. The van der Waals surface area contributed by atoms with Gasteiger partial charge in [-0.15, -0.1) is 0 Å². The molecule has 2 N–H and O–H groups in total. The summed E-state index contributed by atoms with van der Waals surface area (Å²) in [6, 6.07) is 5.12. The molecule has 0 radical (unpaired) electrons. The summed E-state index contributed by atoms with van der Waals surface area (Å²) in [5.74, 6) is 1.99. The van der Waals surface area contributed by atoms with Crippen molar-refractivity contribution in [3.05, 3.63) is 29.6 Å². The lowest BCUT2D eigenvalue weighted by Crippen LogP contribution is -2.38. The SMILES string of the molecule is CCNC(=NCCCOCC1CCOCC1)NC(C)c1ccc(OCC2CC2)c(F)c1. The third-order valence-corrected chi connectivity index (χ3v) is 5.74. The number of nitrogens with zero attached hydrogens (tertiary/aromatic N) is 1. The highest BCUT2D eigenvalue weighted by atomic mass is 19.1. The normalized spacial score (nSPS) is 18.6. The lowest BCUT2D eigenvalue weighted by molar-refractivity contribution is 0.0205. The molecule has 1 unspecified atom stereocenters. The fourth-order valence-corrected chi connectivity index (χ4v) is 3.52. The molecule has 1 aliphatic heterocycles. The maximum Gasteiger partial charge on any atom is 0.191 e. The molecule has 174 valence electrons. The van der Waals surface area contributed by atoms with Gasteiger partial charge in [0.1, 0.15) is 0 Å². The van der Waals surface area contributed by atoms with Crippen LogP contribution < -0.4 is 15.4 Å². The van der Waals surface area contributed by atoms with Crippen LogP contribution in [0.15, 0.2) is 23.2 Å². The van der Waals surface area contributed by atoms with Crippen molar-refractivity contribution in [2.75, 3.05) is 46.1 Å². The minimum Gasteiger partial charge on any atom is -0.490 e. The van der Waals surface area contributed by atoms with Gasteiger partial charge < -0.3 is 24.8 Å². The summed E-state index contributed by atoms with van der Waals surface area (Å²) in [5.41, 5.74) is 0.863. The lowest BCUT2D eigenvalue weighted by atomic mass is 10.0. The van der Waals surface area contributed by atoms with Crippen molar-refractivity contribution < 1.29 is 18.6 Å². The zero-order chi connectivity index (χ0) is 21.9. The summed E-state index contributed by atoms with van der Waals surface area (Å²) in [4.78, 5) is 4.64. The third-order valence-electron chi connectivity index (χ3n) is 5.74. The largest absolute Gasteiger partial charge is 0.490 e. The summed E-state index contributed by atoms with van der Waals surface area (Å²) < 4.78 is 31.2. The number of aliphatic imine (C=N–C) groups is 1. The fourth-order valence-electron chi connectivity index (χ4n) is 3.52. The molecule has 0 bridgehead atoms. The fraction of sp³-hybridized carbons (Fsp3) is 0.708. The Morgan fingerprint density at radius 2 is 1.97 bits per heavy atom. The summed E-state index contributed by atoms with van der Waals surface area (Å²) in [7, 11) is 0. The second-order valence-corrected chi connectivity index (χ2v) is 8.56. The molecule has 6 nitrogen and oxygen atoms in total. The Labute approximate surface area is 185 Å². The van der Waals surface area contributed by atoms with E-state index < -0.39 is 0 Å². The van der Waals surface area contributed by atoms with Gasteiger partial charge in [0.25, 0.3) is 0 Å². The molecule has 1 saturated carbocycles. The minimum absolute atomic E-state index is 0.0745. The molecule has 1 aromatic carbocycles. The van der Waals surface area contributed by atoms with Gasteiger partial charge in [0, 0.05) is 39.5 Å². The van der Waals surface area contributed by atoms with Crippen molar-refractivity contribution in [3.8, 4) is 5.75 Å². The number of halogens is 1. The molecule has 1 aromatic rings. The van der Waals surface area contributed by atoms with Crippen molar-refractivity contribution in [1.82, 2.24) is 10.6 Å². The molecule has 7 heteroatoms. The molecule has 1 atom stereocenters. The van der Waals surface area contributed by atoms with Crippen LogP contribution in [0.2, 0.25) is 0 Å². The molecular weight excluding hydrogens is 397 g/mol. The van der Waals surface area contributed by atoms with Crippen LogP contribution in [0.4, 0.5) is 4.39 Å². The Kier molecular flexibility index (Phi) is 9.87. The van der Waals surface area contributed by atoms with E-state index in [0.717, 1.165) is 57.2 Å². The van der Waals surface area contributed by atoms with E-state index in [1.54, 1.807) is 12.1 Å². The van der Waals surface area contributed by atoms with Crippen LogP contribution in [0, 0.1) is 17.7 Å². The number of nitrogens with one attached hydrogen (secondary N) is 2. The van der Waals surface area contributed by atoms with Gasteiger partial charge in [0.2, 0.25) is 0 Å². The van der Waals surface area contributed by atoms with Gasteiger partial charge in [-0.2, -0.15) is 0 Å². The topological polar surface area (TPSA) is 64.1 Å². The number of benzene rings is 1. The first-order valence-corrected chi connectivity index (χ1v) is 11.8. The Morgan fingerprint density at radius 3 is 2.68 bits per heavy atom. The zero-order valence-electron chi connectivity index (χ0n) is 19.0. The van der Waals surface area contributed by atoms with Crippen LogP contribution in [0.5, 0.6) is 5.75 Å². The van der Waals surface area contributed by atoms with Crippen LogP contribution in [-0.2, 0) is 9.47 Å². The van der Waals surface area contributed by atoms with Crippen LogP contribution in [0.25, 0.3) is 0 Å². The molecule has 31 heavy (non-hydrogen) atoms. The van der Waals surface area contributed by atoms with Crippen LogP contribution in [0.3, 0.4) is 0 Å². The van der Waals surface area contributed by atoms with E-state index in [0.29, 0.717) is 37.3 Å². The highest BCUT2D eigenvalue weighted by Gasteiger charge is 2.22. The Bertz CT molecular complexity index is 691. The molecule has 2 fully saturated rings. The predicted octanol–water partition coefficient (Wildman–Crippen LogP) is 4.06. The number of ether oxygens (including phenoxy) is 3. The highest BCUT2D eigenvalue weighted by molar-refractivity contribution is 5.80. The number of guanidine groups is 1. The minimum atomic E-state index is -0.310. The van der Waals surface area contributed by atoms with Crippen molar-refractivity contribution in [3.63, 3.8) is 0 Å². The number of hydrogen-bond acceptors (Lipinski definition) is 4. The second kappa shape index (κ2) is 12.9. The summed E-state index contributed by atoms with van der Waals surface area (Å²) in [6.45, 7) is 9.33. The van der Waals surface area contributed by atoms with E-state index in [2.05, 4.69) is 15.6 Å². The average molecular weight is 436 g/mol. The Morgan fingerprint density at radius 1 is 1.19 bits per heavy atom. The lowest BCUT2D eigenvalue weighted by Gasteiger charge is -2.21. The predicted molar refractivity (Wildman–Crippen MR) is 121 cm³/mol. The van der Waals surface area contributed by atoms with E-state index in [1.807, 2.05) is 19.9 Å². The molecule has 1 saturated heterocycles. The van der Waals surface area contributed by atoms with E-state index in [4.69, 9.17) is 14.2 Å². The van der Waals surface area contributed by atoms with Gasteiger partial charge in [-0.05, 0) is 75.5 Å². The van der Waals surface area contributed by atoms with Crippen LogP contribution in [0.1, 0.15) is 57.6 Å². The van der Waals surface area contributed by atoms with Gasteiger partial charge in [0.15, 0.2) is 17.5 Å². The second-order valence-electron chi connectivity index (χ2n) is 8.56. The average Bonchev–Trinajstić information content (AvgIpc) is 3.60. The van der Waals surface area contributed by atoms with Gasteiger partial charge in [0.05, 0.1) is 12.6 Å². The van der Waals surface area contributed by atoms with Crippen LogP contribution in [-0.4, -0.2) is 52.1 Å². The van der Waals surface area contributed by atoms with Crippen molar-refractivity contribution in [1.29, 1.82) is 0 Å². The van der Waals surface area contributed by atoms with E-state index in [-0.39, 0.29) is 11.9 Å². The Hall–Kier alpha value is -1.86. The molecule has 0 aromatic heterocycles. The van der Waals surface area contributed by atoms with Crippen molar-refractivity contribution in [2.45, 2.75) is 52.0 Å². The molecule has 1 aliphatic carbocycles. The van der Waals surface area contributed by atoms with Gasteiger partial charge in [-0.1, -0.05) is 6.07 Å². The van der Waals surface area contributed by atoms with Gasteiger partial charge in [-0.25, -0.2) is 4.39 Å². The van der Waals surface area contributed by atoms with E-state index >= 15 is 0 Å². The van der Waals surface area contributed by atoms with E-state index in [1.165, 1.54) is 12.8 Å².